The Morgan fingerprint density at radius 2 is 2.00 bits per heavy atom. The fraction of sp³-hybridized carbons (Fsp3) is 0.450. The molecule has 0 N–H and O–H groups in total. The third kappa shape index (κ3) is 3.99. The van der Waals surface area contributed by atoms with E-state index in [2.05, 4.69) is 20.9 Å². The van der Waals surface area contributed by atoms with E-state index in [4.69, 9.17) is 4.74 Å². The quantitative estimate of drug-likeness (QED) is 0.610. The van der Waals surface area contributed by atoms with Crippen LogP contribution in [0, 0.1) is 5.92 Å². The number of halogens is 1. The fourth-order valence-corrected chi connectivity index (χ4v) is 4.53. The number of carbonyl (C=O) groups excluding carboxylic acids is 2. The number of rotatable bonds is 5. The van der Waals surface area contributed by atoms with Crippen LogP contribution >= 0.6 is 27.7 Å². The first-order chi connectivity index (χ1) is 12.8. The van der Waals surface area contributed by atoms with Gasteiger partial charge in [0, 0.05) is 4.47 Å². The van der Waals surface area contributed by atoms with Crippen LogP contribution in [0.25, 0.3) is 0 Å². The molecule has 27 heavy (non-hydrogen) atoms. The normalized spacial score (nSPS) is 22.2. The summed E-state index contributed by atoms with van der Waals surface area (Å²) < 4.78 is 6.44. The first-order valence-corrected chi connectivity index (χ1v) is 10.7. The maximum absolute atomic E-state index is 13.0. The SMILES string of the molecule is CC[C@H]1SC2=NC(C)=C(C(=O)OCC(C)C)[C@@H](c3ccc(Br)cc3)N2C1=O. The van der Waals surface area contributed by atoms with E-state index in [0.717, 1.165) is 16.5 Å². The lowest BCUT2D eigenvalue weighted by Crippen LogP contribution is -2.40. The van der Waals surface area contributed by atoms with Gasteiger partial charge in [-0.25, -0.2) is 9.79 Å². The summed E-state index contributed by atoms with van der Waals surface area (Å²) in [6.07, 6.45) is 0.720. The van der Waals surface area contributed by atoms with Gasteiger partial charge in [-0.05, 0) is 37.0 Å². The molecule has 0 aliphatic carbocycles. The zero-order chi connectivity index (χ0) is 19.7. The molecule has 0 aromatic heterocycles. The van der Waals surface area contributed by atoms with Crippen molar-refractivity contribution in [3.63, 3.8) is 0 Å². The van der Waals surface area contributed by atoms with E-state index in [-0.39, 0.29) is 17.1 Å². The molecule has 2 heterocycles. The lowest BCUT2D eigenvalue weighted by atomic mass is 9.94. The standard InChI is InChI=1S/C20H23BrN2O3S/c1-5-15-18(24)23-17(13-6-8-14(21)9-7-13)16(12(4)22-20(23)27-15)19(25)26-10-11(2)3/h6-9,11,15,17H,5,10H2,1-4H3/t15-,17-/m1/s1. The number of hydrogen-bond donors (Lipinski definition) is 0. The largest absolute Gasteiger partial charge is 0.462 e. The molecule has 5 nitrogen and oxygen atoms in total. The van der Waals surface area contributed by atoms with Crippen LogP contribution in [0.1, 0.15) is 45.7 Å². The van der Waals surface area contributed by atoms with Gasteiger partial charge in [-0.3, -0.25) is 9.69 Å². The van der Waals surface area contributed by atoms with Crippen LogP contribution < -0.4 is 0 Å². The van der Waals surface area contributed by atoms with Crippen molar-refractivity contribution in [3.05, 3.63) is 45.6 Å². The second-order valence-electron chi connectivity index (χ2n) is 7.06. The molecular weight excluding hydrogens is 428 g/mol. The van der Waals surface area contributed by atoms with E-state index in [1.54, 1.807) is 4.90 Å². The van der Waals surface area contributed by atoms with E-state index < -0.39 is 12.0 Å². The van der Waals surface area contributed by atoms with Gasteiger partial charge in [0.05, 0.1) is 29.2 Å². The number of fused-ring (bicyclic) bond motifs is 1. The van der Waals surface area contributed by atoms with Crippen molar-refractivity contribution in [2.24, 2.45) is 10.9 Å². The molecule has 2 atom stereocenters. The summed E-state index contributed by atoms with van der Waals surface area (Å²) in [5, 5.41) is 0.498. The minimum absolute atomic E-state index is 0.00386. The predicted octanol–water partition coefficient (Wildman–Crippen LogP) is 4.69. The van der Waals surface area contributed by atoms with Gasteiger partial charge in [-0.1, -0.05) is 60.6 Å². The summed E-state index contributed by atoms with van der Waals surface area (Å²) in [5.74, 6) is -0.178. The van der Waals surface area contributed by atoms with Gasteiger partial charge in [-0.2, -0.15) is 0 Å². The van der Waals surface area contributed by atoms with Gasteiger partial charge in [0.2, 0.25) is 5.91 Å². The summed E-state index contributed by atoms with van der Waals surface area (Å²) in [6.45, 7) is 8.11. The minimum Gasteiger partial charge on any atom is -0.462 e. The number of ether oxygens (including phenoxy) is 1. The number of hydrogen-bond acceptors (Lipinski definition) is 5. The second kappa shape index (κ2) is 8.19. The molecule has 7 heteroatoms. The number of amidine groups is 1. The van der Waals surface area contributed by atoms with Crippen molar-refractivity contribution in [2.45, 2.75) is 45.4 Å². The Hall–Kier alpha value is -1.60. The predicted molar refractivity (Wildman–Crippen MR) is 111 cm³/mol. The zero-order valence-corrected chi connectivity index (χ0v) is 18.3. The molecule has 0 spiro atoms. The second-order valence-corrected chi connectivity index (χ2v) is 9.15. The Morgan fingerprint density at radius 3 is 2.59 bits per heavy atom. The summed E-state index contributed by atoms with van der Waals surface area (Å²) in [4.78, 5) is 32.1. The fourth-order valence-electron chi connectivity index (χ4n) is 3.13. The molecule has 2 aliphatic heterocycles. The highest BCUT2D eigenvalue weighted by molar-refractivity contribution is 9.10. The highest BCUT2D eigenvalue weighted by Gasteiger charge is 2.47. The molecular formula is C20H23BrN2O3S. The van der Waals surface area contributed by atoms with Crippen molar-refractivity contribution in [1.29, 1.82) is 0 Å². The lowest BCUT2D eigenvalue weighted by molar-refractivity contribution is -0.141. The van der Waals surface area contributed by atoms with Crippen molar-refractivity contribution in [3.8, 4) is 0 Å². The molecule has 144 valence electrons. The van der Waals surface area contributed by atoms with Gasteiger partial charge in [0.25, 0.3) is 0 Å². The number of aliphatic imine (C=N–C) groups is 1. The van der Waals surface area contributed by atoms with Gasteiger partial charge in [0.1, 0.15) is 0 Å². The Morgan fingerprint density at radius 1 is 1.33 bits per heavy atom. The lowest BCUT2D eigenvalue weighted by Gasteiger charge is -2.33. The first kappa shape index (κ1) is 20.1. The topological polar surface area (TPSA) is 59.0 Å². The number of esters is 1. The number of carbonyl (C=O) groups is 2. The number of nitrogens with zero attached hydrogens (tertiary/aromatic N) is 2. The van der Waals surface area contributed by atoms with Crippen molar-refractivity contribution in [2.75, 3.05) is 6.61 Å². The molecule has 3 rings (SSSR count). The van der Waals surface area contributed by atoms with E-state index >= 15 is 0 Å². The summed E-state index contributed by atoms with van der Waals surface area (Å²) in [5.41, 5.74) is 1.92. The van der Waals surface area contributed by atoms with E-state index in [9.17, 15) is 9.59 Å². The average Bonchev–Trinajstić information content (AvgIpc) is 2.94. The van der Waals surface area contributed by atoms with Gasteiger partial charge < -0.3 is 4.74 Å². The Labute approximate surface area is 172 Å². The van der Waals surface area contributed by atoms with Crippen molar-refractivity contribution >= 4 is 44.7 Å². The zero-order valence-electron chi connectivity index (χ0n) is 15.9. The molecule has 1 aromatic carbocycles. The minimum atomic E-state index is -0.512. The van der Waals surface area contributed by atoms with Crippen LogP contribution in [0.4, 0.5) is 0 Å². The molecule has 1 fully saturated rings. The summed E-state index contributed by atoms with van der Waals surface area (Å²) in [7, 11) is 0. The smallest absolute Gasteiger partial charge is 0.338 e. The number of benzene rings is 1. The van der Waals surface area contributed by atoms with E-state index in [1.807, 2.05) is 52.0 Å². The maximum atomic E-state index is 13.0. The Balaban J connectivity index is 2.06. The first-order valence-electron chi connectivity index (χ1n) is 9.05. The van der Waals surface area contributed by atoms with Crippen LogP contribution in [0.5, 0.6) is 0 Å². The highest BCUT2D eigenvalue weighted by Crippen LogP contribution is 2.44. The van der Waals surface area contributed by atoms with Crippen LogP contribution in [0.15, 0.2) is 45.0 Å². The van der Waals surface area contributed by atoms with Crippen LogP contribution in [0.3, 0.4) is 0 Å². The molecule has 2 aliphatic rings. The maximum Gasteiger partial charge on any atom is 0.338 e. The average molecular weight is 451 g/mol. The number of allylic oxidation sites excluding steroid dienone is 1. The number of amides is 1. The van der Waals surface area contributed by atoms with Crippen LogP contribution in [0.2, 0.25) is 0 Å². The van der Waals surface area contributed by atoms with Crippen molar-refractivity contribution < 1.29 is 14.3 Å². The molecule has 1 aromatic rings. The highest BCUT2D eigenvalue weighted by atomic mass is 79.9. The molecule has 0 unspecified atom stereocenters. The van der Waals surface area contributed by atoms with Gasteiger partial charge >= 0.3 is 5.97 Å². The summed E-state index contributed by atoms with van der Waals surface area (Å²) in [6, 6.07) is 7.17. The van der Waals surface area contributed by atoms with Gasteiger partial charge in [-0.15, -0.1) is 0 Å². The third-order valence-electron chi connectivity index (χ3n) is 4.48. The molecule has 1 amide bonds. The number of thioether (sulfide) groups is 1. The summed E-state index contributed by atoms with van der Waals surface area (Å²) >= 11 is 4.91. The van der Waals surface area contributed by atoms with E-state index in [1.165, 1.54) is 11.8 Å². The molecule has 0 radical (unpaired) electrons. The van der Waals surface area contributed by atoms with Gasteiger partial charge in [0.15, 0.2) is 5.17 Å². The van der Waals surface area contributed by atoms with Crippen LogP contribution in [-0.4, -0.2) is 33.8 Å². The third-order valence-corrected chi connectivity index (χ3v) is 6.32. The Bertz CT molecular complexity index is 817. The monoisotopic (exact) mass is 450 g/mol. The molecule has 0 bridgehead atoms. The van der Waals surface area contributed by atoms with Crippen molar-refractivity contribution in [1.82, 2.24) is 4.90 Å². The van der Waals surface area contributed by atoms with E-state index in [0.29, 0.717) is 23.0 Å². The van der Waals surface area contributed by atoms with Crippen LogP contribution in [-0.2, 0) is 14.3 Å². The molecule has 0 saturated carbocycles. The molecule has 1 saturated heterocycles. The Kier molecular flexibility index (Phi) is 6.11.